The van der Waals surface area contributed by atoms with E-state index in [4.69, 9.17) is 0 Å². The summed E-state index contributed by atoms with van der Waals surface area (Å²) in [4.78, 5) is 33.1. The maximum atomic E-state index is 13.4. The molecule has 0 radical (unpaired) electrons. The smallest absolute Gasteiger partial charge is 0.317 e. The molecule has 3 rings (SSSR count). The summed E-state index contributed by atoms with van der Waals surface area (Å²) >= 11 is 0. The molecule has 2 heterocycles. The van der Waals surface area contributed by atoms with Crippen molar-refractivity contribution in [1.29, 1.82) is 0 Å². The van der Waals surface area contributed by atoms with Crippen molar-refractivity contribution < 1.29 is 14.0 Å². The molecule has 2 aromatic rings. The van der Waals surface area contributed by atoms with E-state index in [1.165, 1.54) is 12.1 Å². The Kier molecular flexibility index (Phi) is 6.80. The number of hydrogen-bond donors (Lipinski definition) is 1. The maximum Gasteiger partial charge on any atom is 0.317 e. The zero-order valence-corrected chi connectivity index (χ0v) is 16.8. The molecular formula is C22H27FN4O2. The zero-order valence-electron chi connectivity index (χ0n) is 16.8. The van der Waals surface area contributed by atoms with E-state index in [2.05, 4.69) is 10.3 Å². The third kappa shape index (κ3) is 4.91. The lowest BCUT2D eigenvalue weighted by atomic mass is 9.93. The Morgan fingerprint density at radius 2 is 1.90 bits per heavy atom. The molecule has 1 aliphatic rings. The van der Waals surface area contributed by atoms with E-state index in [9.17, 15) is 14.0 Å². The first kappa shape index (κ1) is 20.8. The molecule has 1 aliphatic heterocycles. The molecule has 0 spiro atoms. The predicted molar refractivity (Wildman–Crippen MR) is 109 cm³/mol. The number of piperidine rings is 1. The molecule has 0 aliphatic carbocycles. The summed E-state index contributed by atoms with van der Waals surface area (Å²) in [6.07, 6.45) is 2.94. The van der Waals surface area contributed by atoms with E-state index in [0.29, 0.717) is 32.5 Å². The molecule has 7 heteroatoms. The van der Waals surface area contributed by atoms with Crippen LogP contribution in [0.1, 0.15) is 37.1 Å². The SMILES string of the molecule is CCNC(=O)N1CCC(C(=O)N(C)C(c2ccc(F)cc2)c2ccccn2)CC1. The third-order valence-corrected chi connectivity index (χ3v) is 5.35. The summed E-state index contributed by atoms with van der Waals surface area (Å²) in [5, 5.41) is 2.80. The van der Waals surface area contributed by atoms with E-state index in [1.807, 2.05) is 25.1 Å². The normalized spacial score (nSPS) is 15.6. The number of nitrogens with zero attached hydrogens (tertiary/aromatic N) is 3. The fraction of sp³-hybridized carbons (Fsp3) is 0.409. The molecule has 0 bridgehead atoms. The highest BCUT2D eigenvalue weighted by Gasteiger charge is 2.33. The van der Waals surface area contributed by atoms with Gasteiger partial charge in [0.1, 0.15) is 5.82 Å². The van der Waals surface area contributed by atoms with Gasteiger partial charge in [-0.25, -0.2) is 9.18 Å². The van der Waals surface area contributed by atoms with Crippen LogP contribution in [0.3, 0.4) is 0 Å². The van der Waals surface area contributed by atoms with Crippen LogP contribution < -0.4 is 5.32 Å². The van der Waals surface area contributed by atoms with Gasteiger partial charge in [0, 0.05) is 38.8 Å². The maximum absolute atomic E-state index is 13.4. The lowest BCUT2D eigenvalue weighted by molar-refractivity contribution is -0.137. The van der Waals surface area contributed by atoms with Crippen LogP contribution in [0.2, 0.25) is 0 Å². The van der Waals surface area contributed by atoms with Crippen LogP contribution in [0, 0.1) is 11.7 Å². The molecule has 1 atom stereocenters. The molecule has 1 fully saturated rings. The molecule has 154 valence electrons. The van der Waals surface area contributed by atoms with Crippen LogP contribution in [-0.2, 0) is 4.79 Å². The summed E-state index contributed by atoms with van der Waals surface area (Å²) in [7, 11) is 1.77. The first-order valence-corrected chi connectivity index (χ1v) is 9.97. The molecule has 0 saturated carbocycles. The monoisotopic (exact) mass is 398 g/mol. The van der Waals surface area contributed by atoms with E-state index >= 15 is 0 Å². The Morgan fingerprint density at radius 3 is 2.48 bits per heavy atom. The van der Waals surface area contributed by atoms with E-state index in [0.717, 1.165) is 11.3 Å². The quantitative estimate of drug-likeness (QED) is 0.841. The third-order valence-electron chi connectivity index (χ3n) is 5.35. The summed E-state index contributed by atoms with van der Waals surface area (Å²) in [5.74, 6) is -0.460. The number of pyridine rings is 1. The van der Waals surface area contributed by atoms with Gasteiger partial charge in [0.25, 0.3) is 0 Å². The Labute approximate surface area is 170 Å². The van der Waals surface area contributed by atoms with Crippen molar-refractivity contribution in [2.75, 3.05) is 26.7 Å². The van der Waals surface area contributed by atoms with Gasteiger partial charge < -0.3 is 15.1 Å². The van der Waals surface area contributed by atoms with Crippen molar-refractivity contribution in [2.24, 2.45) is 5.92 Å². The van der Waals surface area contributed by atoms with Crippen molar-refractivity contribution in [3.63, 3.8) is 0 Å². The topological polar surface area (TPSA) is 65.5 Å². The fourth-order valence-corrected chi connectivity index (χ4v) is 3.78. The van der Waals surface area contributed by atoms with Crippen molar-refractivity contribution in [3.05, 3.63) is 65.7 Å². The second-order valence-corrected chi connectivity index (χ2v) is 7.25. The van der Waals surface area contributed by atoms with Gasteiger partial charge >= 0.3 is 6.03 Å². The minimum atomic E-state index is -0.397. The van der Waals surface area contributed by atoms with Crippen molar-refractivity contribution in [1.82, 2.24) is 20.1 Å². The lowest BCUT2D eigenvalue weighted by Crippen LogP contribution is -2.47. The van der Waals surface area contributed by atoms with Crippen LogP contribution in [0.4, 0.5) is 9.18 Å². The number of carbonyl (C=O) groups is 2. The van der Waals surface area contributed by atoms with Crippen LogP contribution in [0.15, 0.2) is 48.7 Å². The molecule has 3 amide bonds. The Bertz CT molecular complexity index is 820. The average molecular weight is 398 g/mol. The molecule has 1 aromatic carbocycles. The number of halogens is 1. The molecular weight excluding hydrogens is 371 g/mol. The van der Waals surface area contributed by atoms with Gasteiger partial charge in [-0.1, -0.05) is 18.2 Å². The predicted octanol–water partition coefficient (Wildman–Crippen LogP) is 3.21. The summed E-state index contributed by atoms with van der Waals surface area (Å²) < 4.78 is 13.4. The van der Waals surface area contributed by atoms with Gasteiger partial charge in [-0.15, -0.1) is 0 Å². The molecule has 1 N–H and O–H groups in total. The molecule has 1 saturated heterocycles. The Balaban J connectivity index is 1.76. The van der Waals surface area contributed by atoms with Gasteiger partial charge in [-0.3, -0.25) is 9.78 Å². The highest BCUT2D eigenvalue weighted by Crippen LogP contribution is 2.30. The number of hydrogen-bond acceptors (Lipinski definition) is 3. The van der Waals surface area contributed by atoms with Gasteiger partial charge in [0.2, 0.25) is 5.91 Å². The highest BCUT2D eigenvalue weighted by molar-refractivity contribution is 5.80. The summed E-state index contributed by atoms with van der Waals surface area (Å²) in [6.45, 7) is 3.59. The molecule has 6 nitrogen and oxygen atoms in total. The lowest BCUT2D eigenvalue weighted by Gasteiger charge is -2.35. The standard InChI is InChI=1S/C22H27FN4O2/c1-3-24-22(29)27-14-11-17(12-15-27)21(28)26(2)20(19-6-4-5-13-25-19)16-7-9-18(23)10-8-16/h4-10,13,17,20H,3,11-12,14-15H2,1-2H3,(H,24,29). The first-order chi connectivity index (χ1) is 14.0. The highest BCUT2D eigenvalue weighted by atomic mass is 19.1. The van der Waals surface area contributed by atoms with Crippen LogP contribution in [-0.4, -0.2) is 53.4 Å². The van der Waals surface area contributed by atoms with Crippen molar-refractivity contribution >= 4 is 11.9 Å². The molecule has 29 heavy (non-hydrogen) atoms. The Morgan fingerprint density at radius 1 is 1.21 bits per heavy atom. The number of benzene rings is 1. The van der Waals surface area contributed by atoms with Crippen LogP contribution >= 0.6 is 0 Å². The minimum Gasteiger partial charge on any atom is -0.338 e. The van der Waals surface area contributed by atoms with Gasteiger partial charge in [0.15, 0.2) is 0 Å². The number of nitrogens with one attached hydrogen (secondary N) is 1. The van der Waals surface area contributed by atoms with Crippen LogP contribution in [0.25, 0.3) is 0 Å². The minimum absolute atomic E-state index is 0.0144. The van der Waals surface area contributed by atoms with Gasteiger partial charge in [0.05, 0.1) is 11.7 Å². The molecule has 1 aromatic heterocycles. The van der Waals surface area contributed by atoms with Crippen LogP contribution in [0.5, 0.6) is 0 Å². The second-order valence-electron chi connectivity index (χ2n) is 7.25. The number of urea groups is 1. The number of carbonyl (C=O) groups excluding carboxylic acids is 2. The number of aromatic nitrogens is 1. The van der Waals surface area contributed by atoms with E-state index in [1.54, 1.807) is 35.2 Å². The Hall–Kier alpha value is -2.96. The molecule has 1 unspecified atom stereocenters. The fourth-order valence-electron chi connectivity index (χ4n) is 3.78. The van der Waals surface area contributed by atoms with Gasteiger partial charge in [-0.2, -0.15) is 0 Å². The van der Waals surface area contributed by atoms with Crippen molar-refractivity contribution in [3.8, 4) is 0 Å². The zero-order chi connectivity index (χ0) is 20.8. The largest absolute Gasteiger partial charge is 0.338 e. The number of amides is 3. The summed E-state index contributed by atoms with van der Waals surface area (Å²) in [5.41, 5.74) is 1.54. The average Bonchev–Trinajstić information content (AvgIpc) is 2.76. The number of likely N-dealkylation sites (tertiary alicyclic amines) is 1. The van der Waals surface area contributed by atoms with E-state index in [-0.39, 0.29) is 23.7 Å². The van der Waals surface area contributed by atoms with Gasteiger partial charge in [-0.05, 0) is 49.6 Å². The second kappa shape index (κ2) is 9.49. The first-order valence-electron chi connectivity index (χ1n) is 9.97. The van der Waals surface area contributed by atoms with E-state index < -0.39 is 6.04 Å². The van der Waals surface area contributed by atoms with Crippen molar-refractivity contribution in [2.45, 2.75) is 25.8 Å². The number of rotatable bonds is 5. The summed E-state index contributed by atoms with van der Waals surface area (Å²) in [6, 6.07) is 11.3.